The molecule has 0 spiro atoms. The minimum atomic E-state index is -3.72. The summed E-state index contributed by atoms with van der Waals surface area (Å²) in [6, 6.07) is 20.9. The first-order valence-corrected chi connectivity index (χ1v) is 12.1. The smallest absolute Gasteiger partial charge is 0.262 e. The number of unbranched alkanes of at least 4 members (excludes halogenated alkanes) is 1. The van der Waals surface area contributed by atoms with E-state index in [1.54, 1.807) is 12.1 Å². The van der Waals surface area contributed by atoms with E-state index in [0.717, 1.165) is 24.8 Å². The van der Waals surface area contributed by atoms with E-state index in [1.807, 2.05) is 43.3 Å². The van der Waals surface area contributed by atoms with Gasteiger partial charge in [-0.2, -0.15) is 0 Å². The molecule has 0 saturated carbocycles. The molecular weight excluding hydrogens is 424 g/mol. The maximum atomic E-state index is 12.6. The van der Waals surface area contributed by atoms with E-state index in [0.29, 0.717) is 17.1 Å². The first-order chi connectivity index (χ1) is 15.4. The quantitative estimate of drug-likeness (QED) is 0.445. The molecule has 32 heavy (non-hydrogen) atoms. The van der Waals surface area contributed by atoms with Crippen molar-refractivity contribution in [2.45, 2.75) is 38.0 Å². The van der Waals surface area contributed by atoms with Gasteiger partial charge in [0.15, 0.2) is 6.61 Å². The topological polar surface area (TPSA) is 84.5 Å². The van der Waals surface area contributed by atoms with E-state index in [-0.39, 0.29) is 17.4 Å². The molecule has 2 N–H and O–H groups in total. The van der Waals surface area contributed by atoms with Crippen LogP contribution in [0.15, 0.2) is 77.7 Å². The van der Waals surface area contributed by atoms with Crippen molar-refractivity contribution in [3.05, 3.63) is 83.9 Å². The molecule has 0 bridgehead atoms. The maximum Gasteiger partial charge on any atom is 0.262 e. The summed E-state index contributed by atoms with van der Waals surface area (Å²) in [5, 5.41) is 2.79. The van der Waals surface area contributed by atoms with Crippen LogP contribution in [0, 0.1) is 6.92 Å². The second-order valence-corrected chi connectivity index (χ2v) is 9.21. The van der Waals surface area contributed by atoms with Gasteiger partial charge in [0.2, 0.25) is 0 Å². The van der Waals surface area contributed by atoms with Crippen LogP contribution in [0.4, 0.5) is 11.4 Å². The molecule has 0 saturated heterocycles. The fraction of sp³-hybridized carbons (Fsp3) is 0.240. The van der Waals surface area contributed by atoms with Crippen molar-refractivity contribution in [3.8, 4) is 5.75 Å². The fourth-order valence-corrected chi connectivity index (χ4v) is 4.22. The zero-order valence-corrected chi connectivity index (χ0v) is 19.1. The molecule has 0 unspecified atom stereocenters. The highest BCUT2D eigenvalue weighted by atomic mass is 32.2. The molecule has 0 aromatic heterocycles. The van der Waals surface area contributed by atoms with Crippen molar-refractivity contribution < 1.29 is 17.9 Å². The minimum Gasteiger partial charge on any atom is -0.484 e. The van der Waals surface area contributed by atoms with E-state index >= 15 is 0 Å². The molecule has 0 fully saturated rings. The Morgan fingerprint density at radius 2 is 1.62 bits per heavy atom. The summed E-state index contributed by atoms with van der Waals surface area (Å²) in [5.41, 5.74) is 3.32. The van der Waals surface area contributed by atoms with Gasteiger partial charge >= 0.3 is 0 Å². The standard InChI is InChI=1S/C25H28N2O4S/c1-3-4-8-20-10-12-21(13-11-20)26-25(28)18-31-22-14-16-23(17-15-22)32(29,30)27-24-9-6-5-7-19(24)2/h5-7,9-17,27H,3-4,8,18H2,1-2H3,(H,26,28). The van der Waals surface area contributed by atoms with Crippen LogP contribution < -0.4 is 14.8 Å². The molecule has 3 rings (SSSR count). The zero-order chi connectivity index (χ0) is 23.0. The second kappa shape index (κ2) is 10.8. The summed E-state index contributed by atoms with van der Waals surface area (Å²) in [5.74, 6) is 0.120. The van der Waals surface area contributed by atoms with Crippen LogP contribution >= 0.6 is 0 Å². The number of ether oxygens (including phenoxy) is 1. The number of hydrogen-bond acceptors (Lipinski definition) is 4. The first kappa shape index (κ1) is 23.3. The molecule has 1 amide bonds. The van der Waals surface area contributed by atoms with Crippen molar-refractivity contribution in [1.82, 2.24) is 0 Å². The van der Waals surface area contributed by atoms with Gasteiger partial charge in [-0.3, -0.25) is 9.52 Å². The molecular formula is C25H28N2O4S. The number of para-hydroxylation sites is 1. The number of carbonyl (C=O) groups excluding carboxylic acids is 1. The number of amides is 1. The Balaban J connectivity index is 1.53. The number of sulfonamides is 1. The highest BCUT2D eigenvalue weighted by molar-refractivity contribution is 7.92. The summed E-state index contributed by atoms with van der Waals surface area (Å²) < 4.78 is 33.3. The van der Waals surface area contributed by atoms with Crippen molar-refractivity contribution in [2.24, 2.45) is 0 Å². The lowest BCUT2D eigenvalue weighted by molar-refractivity contribution is -0.118. The molecule has 3 aromatic rings. The Bertz CT molecular complexity index is 1140. The molecule has 3 aromatic carbocycles. The summed E-state index contributed by atoms with van der Waals surface area (Å²) in [6.45, 7) is 3.81. The van der Waals surface area contributed by atoms with Crippen LogP contribution in [0.2, 0.25) is 0 Å². The lowest BCUT2D eigenvalue weighted by Crippen LogP contribution is -2.20. The zero-order valence-electron chi connectivity index (χ0n) is 18.3. The van der Waals surface area contributed by atoms with Gasteiger partial charge in [-0.15, -0.1) is 0 Å². The van der Waals surface area contributed by atoms with E-state index in [1.165, 1.54) is 29.8 Å². The molecule has 6 nitrogen and oxygen atoms in total. The average Bonchev–Trinajstić information content (AvgIpc) is 2.79. The Morgan fingerprint density at radius 1 is 0.938 bits per heavy atom. The molecule has 168 valence electrons. The largest absolute Gasteiger partial charge is 0.484 e. The first-order valence-electron chi connectivity index (χ1n) is 10.6. The van der Waals surface area contributed by atoms with E-state index < -0.39 is 10.0 Å². The summed E-state index contributed by atoms with van der Waals surface area (Å²) in [6.07, 6.45) is 3.31. The Hall–Kier alpha value is -3.32. The third kappa shape index (κ3) is 6.59. The van der Waals surface area contributed by atoms with Crippen LogP contribution in [0.25, 0.3) is 0 Å². The average molecular weight is 453 g/mol. The van der Waals surface area contributed by atoms with Crippen LogP contribution in [-0.2, 0) is 21.2 Å². The molecule has 0 heterocycles. The predicted molar refractivity (Wildman–Crippen MR) is 128 cm³/mol. The maximum absolute atomic E-state index is 12.6. The highest BCUT2D eigenvalue weighted by Crippen LogP contribution is 2.21. The van der Waals surface area contributed by atoms with Crippen LogP contribution in [0.3, 0.4) is 0 Å². The Kier molecular flexibility index (Phi) is 7.89. The third-order valence-electron chi connectivity index (χ3n) is 4.95. The van der Waals surface area contributed by atoms with E-state index in [4.69, 9.17) is 4.74 Å². The Labute approximate surface area is 189 Å². The van der Waals surface area contributed by atoms with Crippen LogP contribution in [-0.4, -0.2) is 20.9 Å². The molecule has 0 aliphatic rings. The Morgan fingerprint density at radius 3 is 2.28 bits per heavy atom. The fourth-order valence-electron chi connectivity index (χ4n) is 3.09. The third-order valence-corrected chi connectivity index (χ3v) is 6.33. The number of rotatable bonds is 10. The van der Waals surface area contributed by atoms with Crippen molar-refractivity contribution in [2.75, 3.05) is 16.6 Å². The number of benzene rings is 3. The molecule has 0 atom stereocenters. The molecule has 0 radical (unpaired) electrons. The number of nitrogens with one attached hydrogen (secondary N) is 2. The van der Waals surface area contributed by atoms with Gasteiger partial charge in [0.25, 0.3) is 15.9 Å². The normalized spacial score (nSPS) is 11.1. The van der Waals surface area contributed by atoms with Crippen molar-refractivity contribution >= 4 is 27.3 Å². The van der Waals surface area contributed by atoms with E-state index in [9.17, 15) is 13.2 Å². The van der Waals surface area contributed by atoms with Gasteiger partial charge < -0.3 is 10.1 Å². The number of aryl methyl sites for hydroxylation is 2. The van der Waals surface area contributed by atoms with Crippen molar-refractivity contribution in [1.29, 1.82) is 0 Å². The molecule has 7 heteroatoms. The molecule has 0 aliphatic heterocycles. The summed E-state index contributed by atoms with van der Waals surface area (Å²) >= 11 is 0. The van der Waals surface area contributed by atoms with Gasteiger partial charge in [-0.05, 0) is 73.4 Å². The highest BCUT2D eigenvalue weighted by Gasteiger charge is 2.15. The van der Waals surface area contributed by atoms with Gasteiger partial charge in [0.1, 0.15) is 5.75 Å². The molecule has 0 aliphatic carbocycles. The van der Waals surface area contributed by atoms with Crippen LogP contribution in [0.1, 0.15) is 30.9 Å². The van der Waals surface area contributed by atoms with E-state index in [2.05, 4.69) is 17.0 Å². The monoisotopic (exact) mass is 452 g/mol. The van der Waals surface area contributed by atoms with Gasteiger partial charge in [0, 0.05) is 5.69 Å². The van der Waals surface area contributed by atoms with Gasteiger partial charge in [-0.25, -0.2) is 8.42 Å². The number of anilines is 2. The SMILES string of the molecule is CCCCc1ccc(NC(=O)COc2ccc(S(=O)(=O)Nc3ccccc3C)cc2)cc1. The summed E-state index contributed by atoms with van der Waals surface area (Å²) in [4.78, 5) is 12.3. The summed E-state index contributed by atoms with van der Waals surface area (Å²) in [7, 11) is -3.72. The van der Waals surface area contributed by atoms with Gasteiger partial charge in [-0.1, -0.05) is 43.7 Å². The van der Waals surface area contributed by atoms with Crippen LogP contribution in [0.5, 0.6) is 5.75 Å². The van der Waals surface area contributed by atoms with Gasteiger partial charge in [0.05, 0.1) is 10.6 Å². The number of carbonyl (C=O) groups is 1. The minimum absolute atomic E-state index is 0.112. The second-order valence-electron chi connectivity index (χ2n) is 7.53. The number of hydrogen-bond donors (Lipinski definition) is 2. The predicted octanol–water partition coefficient (Wildman–Crippen LogP) is 5.16. The lowest BCUT2D eigenvalue weighted by Gasteiger charge is -2.11. The van der Waals surface area contributed by atoms with Crippen molar-refractivity contribution in [3.63, 3.8) is 0 Å². The lowest BCUT2D eigenvalue weighted by atomic mass is 10.1.